The highest BCUT2D eigenvalue weighted by Gasteiger charge is 2.41. The molecule has 0 bridgehead atoms. The summed E-state index contributed by atoms with van der Waals surface area (Å²) in [6.45, 7) is 0.445. The number of rotatable bonds is 9. The highest BCUT2D eigenvalue weighted by molar-refractivity contribution is 7.99. The number of nitrogens with zero attached hydrogens (tertiary/aromatic N) is 6. The summed E-state index contributed by atoms with van der Waals surface area (Å²) in [5.74, 6) is -0.650. The molecule has 2 heterocycles. The van der Waals surface area contributed by atoms with E-state index in [0.29, 0.717) is 39.4 Å². The van der Waals surface area contributed by atoms with Crippen LogP contribution < -0.4 is 9.80 Å². The number of thiocarbonyl (C=S) groups is 1. The van der Waals surface area contributed by atoms with Gasteiger partial charge < -0.3 is 0 Å². The first-order valence-electron chi connectivity index (χ1n) is 15.4. The van der Waals surface area contributed by atoms with E-state index in [4.69, 9.17) is 12.2 Å². The maximum absolute atomic E-state index is 13.9. The quantitative estimate of drug-likeness (QED) is 0.0495. The maximum Gasteiger partial charge on any atom is 0.283 e. The number of nitro groups is 1. The molecule has 7 rings (SSSR count). The van der Waals surface area contributed by atoms with Crippen LogP contribution in [0.4, 0.5) is 17.1 Å². The van der Waals surface area contributed by atoms with Gasteiger partial charge in [0.05, 0.1) is 27.7 Å². The molecule has 0 aliphatic carbocycles. The second kappa shape index (κ2) is 14.1. The third-order valence-corrected chi connectivity index (χ3v) is 9.32. The summed E-state index contributed by atoms with van der Waals surface area (Å²) in [5.41, 5.74) is 2.71. The lowest BCUT2D eigenvalue weighted by Crippen LogP contribution is -2.56. The Kier molecular flexibility index (Phi) is 9.10. The van der Waals surface area contributed by atoms with Crippen molar-refractivity contribution >= 4 is 64.0 Å². The molecule has 1 aliphatic heterocycles. The number of amides is 2. The normalized spacial score (nSPS) is 13.1. The van der Waals surface area contributed by atoms with Gasteiger partial charge in [0.15, 0.2) is 16.1 Å². The minimum absolute atomic E-state index is 0.00163. The van der Waals surface area contributed by atoms with Crippen LogP contribution >= 0.6 is 24.0 Å². The van der Waals surface area contributed by atoms with Gasteiger partial charge in [-0.3, -0.25) is 34.1 Å². The van der Waals surface area contributed by atoms with Gasteiger partial charge in [0.25, 0.3) is 17.5 Å². The zero-order chi connectivity index (χ0) is 34.6. The summed E-state index contributed by atoms with van der Waals surface area (Å²) in [5, 5.41) is 21.8. The number of hydrogen-bond acceptors (Lipinski definition) is 8. The molecule has 5 aromatic carbocycles. The molecule has 2 amide bonds. The minimum atomic E-state index is -0.637. The van der Waals surface area contributed by atoms with Crippen molar-refractivity contribution in [3.63, 3.8) is 0 Å². The summed E-state index contributed by atoms with van der Waals surface area (Å²) in [7, 11) is 0. The molecule has 0 spiro atoms. The van der Waals surface area contributed by atoms with E-state index < -0.39 is 16.7 Å². The molecule has 12 heteroatoms. The number of carbonyl (C=O) groups is 2. The van der Waals surface area contributed by atoms with E-state index in [0.717, 1.165) is 22.9 Å². The molecule has 1 aromatic heterocycles. The molecule has 244 valence electrons. The van der Waals surface area contributed by atoms with Crippen molar-refractivity contribution in [2.24, 2.45) is 0 Å². The van der Waals surface area contributed by atoms with Crippen molar-refractivity contribution < 1.29 is 14.5 Å². The van der Waals surface area contributed by atoms with Crippen LogP contribution in [-0.2, 0) is 16.1 Å². The Hall–Kier alpha value is -6.24. The first-order chi connectivity index (χ1) is 24.4. The summed E-state index contributed by atoms with van der Waals surface area (Å²) >= 11 is 6.80. The highest BCUT2D eigenvalue weighted by atomic mass is 32.2. The first-order valence-corrected chi connectivity index (χ1v) is 16.6. The van der Waals surface area contributed by atoms with Crippen molar-refractivity contribution in [1.29, 1.82) is 0 Å². The fourth-order valence-corrected chi connectivity index (χ4v) is 6.82. The van der Waals surface area contributed by atoms with Gasteiger partial charge in [-0.25, -0.2) is 0 Å². The summed E-state index contributed by atoms with van der Waals surface area (Å²) in [4.78, 5) is 42.7. The van der Waals surface area contributed by atoms with E-state index in [1.807, 2.05) is 77.4 Å². The van der Waals surface area contributed by atoms with Crippen molar-refractivity contribution in [2.45, 2.75) is 16.6 Å². The molecule has 1 saturated heterocycles. The Morgan fingerprint density at radius 2 is 1.26 bits per heavy atom. The molecule has 0 atom stereocenters. The lowest BCUT2D eigenvalue weighted by Gasteiger charge is -2.36. The third-order valence-electron chi connectivity index (χ3n) is 7.90. The zero-order valence-corrected chi connectivity index (χ0v) is 27.8. The molecule has 0 saturated carbocycles. The predicted molar refractivity (Wildman–Crippen MR) is 197 cm³/mol. The van der Waals surface area contributed by atoms with Crippen LogP contribution in [0.5, 0.6) is 0 Å². The second-order valence-electron chi connectivity index (χ2n) is 11.1. The van der Waals surface area contributed by atoms with Crippen LogP contribution in [0.25, 0.3) is 17.5 Å². The average molecular weight is 695 g/mol. The summed E-state index contributed by atoms with van der Waals surface area (Å²) in [6.07, 6.45) is 1.37. The van der Waals surface area contributed by atoms with Crippen LogP contribution in [0.1, 0.15) is 11.1 Å². The monoisotopic (exact) mass is 694 g/mol. The molecule has 6 aromatic rings. The van der Waals surface area contributed by atoms with E-state index >= 15 is 0 Å². The summed E-state index contributed by atoms with van der Waals surface area (Å²) < 4.78 is 1.92. The highest BCUT2D eigenvalue weighted by Crippen LogP contribution is 2.37. The number of carbonyl (C=O) groups excluding carboxylic acids is 2. The molecular formula is C38H26N6O4S2. The maximum atomic E-state index is 13.9. The summed E-state index contributed by atoms with van der Waals surface area (Å²) in [6, 6.07) is 41.5. The van der Waals surface area contributed by atoms with Gasteiger partial charge >= 0.3 is 0 Å². The van der Waals surface area contributed by atoms with Gasteiger partial charge in [-0.05, 0) is 71.5 Å². The second-order valence-corrected chi connectivity index (χ2v) is 12.5. The molecular weight excluding hydrogens is 669 g/mol. The number of para-hydroxylation sites is 2. The third kappa shape index (κ3) is 6.44. The number of benzene rings is 5. The van der Waals surface area contributed by atoms with Crippen LogP contribution in [0.2, 0.25) is 0 Å². The lowest BCUT2D eigenvalue weighted by atomic mass is 10.0. The Labute approximate surface area is 296 Å². The molecule has 0 N–H and O–H groups in total. The van der Waals surface area contributed by atoms with Crippen molar-refractivity contribution in [3.05, 3.63) is 166 Å². The molecule has 50 heavy (non-hydrogen) atoms. The van der Waals surface area contributed by atoms with E-state index in [1.165, 1.54) is 21.9 Å². The Morgan fingerprint density at radius 3 is 1.82 bits per heavy atom. The average Bonchev–Trinajstić information content (AvgIpc) is 3.53. The largest absolute Gasteiger partial charge is 0.297 e. The fraction of sp³-hybridized carbons (Fsp3) is 0.0263. The van der Waals surface area contributed by atoms with Gasteiger partial charge in [0.1, 0.15) is 5.57 Å². The smallest absolute Gasteiger partial charge is 0.283 e. The Bertz CT molecular complexity index is 2200. The Balaban J connectivity index is 1.27. The van der Waals surface area contributed by atoms with Crippen molar-refractivity contribution in [2.75, 3.05) is 9.80 Å². The van der Waals surface area contributed by atoms with Gasteiger partial charge in [0.2, 0.25) is 0 Å². The molecule has 1 fully saturated rings. The van der Waals surface area contributed by atoms with Crippen LogP contribution in [-0.4, -0.2) is 36.6 Å². The van der Waals surface area contributed by atoms with Crippen LogP contribution in [0.3, 0.4) is 0 Å². The predicted octanol–water partition coefficient (Wildman–Crippen LogP) is 7.80. The number of nitro benzene ring substituents is 1. The Morgan fingerprint density at radius 1 is 0.720 bits per heavy atom. The first kappa shape index (κ1) is 32.3. The molecule has 1 aliphatic rings. The topological polar surface area (TPSA) is 114 Å². The minimum Gasteiger partial charge on any atom is -0.297 e. The number of aromatic nitrogens is 3. The lowest BCUT2D eigenvalue weighted by molar-refractivity contribution is -0.387. The fourth-order valence-electron chi connectivity index (χ4n) is 5.53. The van der Waals surface area contributed by atoms with E-state index in [9.17, 15) is 19.7 Å². The van der Waals surface area contributed by atoms with Crippen LogP contribution in [0, 0.1) is 10.1 Å². The van der Waals surface area contributed by atoms with Gasteiger partial charge in [0, 0.05) is 11.6 Å². The van der Waals surface area contributed by atoms with Crippen molar-refractivity contribution in [3.8, 4) is 11.4 Å². The van der Waals surface area contributed by atoms with Gasteiger partial charge in [-0.1, -0.05) is 103 Å². The van der Waals surface area contributed by atoms with Gasteiger partial charge in [-0.2, -0.15) is 0 Å². The van der Waals surface area contributed by atoms with Crippen molar-refractivity contribution in [1.82, 2.24) is 14.8 Å². The number of hydrogen-bond donors (Lipinski definition) is 0. The SMILES string of the molecule is O=C1C(=Cc2ccc(Sc3nnc(-c4ccccc4)n3Cc3ccccc3)c([N+](=O)[O-])c2)C(=O)N(c2ccccc2)C(=S)N1c1ccccc1. The van der Waals surface area contributed by atoms with Crippen LogP contribution in [0.15, 0.2) is 155 Å². The molecule has 0 unspecified atom stereocenters. The molecule has 0 radical (unpaired) electrons. The zero-order valence-electron chi connectivity index (χ0n) is 26.2. The number of anilines is 2. The van der Waals surface area contributed by atoms with E-state index in [1.54, 1.807) is 60.7 Å². The molecule has 10 nitrogen and oxygen atoms in total. The van der Waals surface area contributed by atoms with Gasteiger partial charge in [-0.15, -0.1) is 10.2 Å². The standard InChI is InChI=1S/C38H26N6O4S2/c45-35-31(36(46)43(30-19-11-4-12-20-30)38(49)42(35)29-17-9-3-10-18-29)23-27-21-22-33(32(24-27)44(47)48)50-37-40-39-34(28-15-7-2-8-16-28)41(37)25-26-13-5-1-6-14-26/h1-24H,25H2. The van der Waals surface area contributed by atoms with E-state index in [2.05, 4.69) is 10.2 Å². The van der Waals surface area contributed by atoms with E-state index in [-0.39, 0.29) is 16.4 Å².